The number of phenolic OH excluding ortho intramolecular Hbond substituents is 1. The van der Waals surface area contributed by atoms with Gasteiger partial charge in [-0.15, -0.1) is 0 Å². The lowest BCUT2D eigenvalue weighted by atomic mass is 9.97. The fourth-order valence-corrected chi connectivity index (χ4v) is 2.46. The number of carbonyl (C=O) groups is 1. The number of carbonyl (C=O) groups excluding carboxylic acids is 1. The van der Waals surface area contributed by atoms with E-state index in [0.717, 1.165) is 12.4 Å². The molecule has 0 saturated carbocycles. The fraction of sp³-hybridized carbons (Fsp3) is 0.364. The molecule has 1 unspecified atom stereocenters. The lowest BCUT2D eigenvalue weighted by Crippen LogP contribution is -2.01. The molecule has 0 bridgehead atoms. The zero-order valence-electron chi connectivity index (χ0n) is 8.96. The van der Waals surface area contributed by atoms with Crippen LogP contribution in [-0.4, -0.2) is 18.5 Å². The summed E-state index contributed by atoms with van der Waals surface area (Å²) in [5.74, 6) is -0.927. The summed E-state index contributed by atoms with van der Waals surface area (Å²) in [6.07, 6.45) is 0.944. The third kappa shape index (κ3) is 2.35. The van der Waals surface area contributed by atoms with Crippen LogP contribution in [0.25, 0.3) is 0 Å². The number of benzene rings is 1. The molecule has 16 heavy (non-hydrogen) atoms. The highest BCUT2D eigenvalue weighted by Crippen LogP contribution is 2.41. The van der Waals surface area contributed by atoms with E-state index in [0.29, 0.717) is 10.0 Å². The topological polar surface area (TPSA) is 46.5 Å². The Morgan fingerprint density at radius 2 is 2.31 bits per heavy atom. The Hall–Kier alpha value is -1.10. The van der Waals surface area contributed by atoms with Gasteiger partial charge in [0, 0.05) is 18.1 Å². The Labute approximate surface area is 101 Å². The second-order valence-electron chi connectivity index (χ2n) is 3.44. The Balaban J connectivity index is 3.32. The minimum Gasteiger partial charge on any atom is -0.504 e. The summed E-state index contributed by atoms with van der Waals surface area (Å²) in [4.78, 5) is 10.4. The maximum atomic E-state index is 13.6. The van der Waals surface area contributed by atoms with E-state index < -0.39 is 5.82 Å². The highest BCUT2D eigenvalue weighted by Gasteiger charge is 2.21. The number of aromatic hydroxyl groups is 1. The average Bonchev–Trinajstić information content (AvgIpc) is 2.17. The van der Waals surface area contributed by atoms with Gasteiger partial charge in [0.05, 0.1) is 11.6 Å². The predicted octanol–water partition coefficient (Wildman–Crippen LogP) is 2.99. The van der Waals surface area contributed by atoms with Gasteiger partial charge in [0.2, 0.25) is 0 Å². The molecule has 1 aromatic carbocycles. The molecule has 0 aromatic heterocycles. The number of phenols is 1. The molecule has 1 N–H and O–H groups in total. The molecule has 0 amide bonds. The van der Waals surface area contributed by atoms with E-state index in [1.807, 2.05) is 0 Å². The molecule has 0 saturated heterocycles. The molecule has 0 aliphatic rings. The van der Waals surface area contributed by atoms with Crippen LogP contribution in [0.15, 0.2) is 10.5 Å². The van der Waals surface area contributed by atoms with Crippen LogP contribution in [0.3, 0.4) is 0 Å². The van der Waals surface area contributed by atoms with Crippen LogP contribution >= 0.6 is 15.9 Å². The first-order chi connectivity index (χ1) is 7.52. The molecule has 1 rings (SSSR count). The van der Waals surface area contributed by atoms with Gasteiger partial charge in [-0.2, -0.15) is 0 Å². The van der Waals surface area contributed by atoms with Crippen molar-refractivity contribution in [3.8, 4) is 11.5 Å². The smallest absolute Gasteiger partial charge is 0.175 e. The van der Waals surface area contributed by atoms with Crippen LogP contribution in [0.1, 0.15) is 24.8 Å². The van der Waals surface area contributed by atoms with Crippen molar-refractivity contribution in [2.24, 2.45) is 0 Å². The number of hydrogen-bond donors (Lipinski definition) is 1. The monoisotopic (exact) mass is 290 g/mol. The standard InChI is InChI=1S/C11H12BrFO3/c1-6(3-4-14)9-7(13)5-8(15)11(16-2)10(9)12/h4-6,15H,3H2,1-2H3. The van der Waals surface area contributed by atoms with Crippen molar-refractivity contribution in [1.29, 1.82) is 0 Å². The molecular formula is C11H12BrFO3. The first kappa shape index (κ1) is 13.0. The van der Waals surface area contributed by atoms with Crippen molar-refractivity contribution in [3.63, 3.8) is 0 Å². The number of rotatable bonds is 4. The van der Waals surface area contributed by atoms with E-state index in [1.54, 1.807) is 6.92 Å². The Kier molecular flexibility index (Phi) is 4.29. The van der Waals surface area contributed by atoms with Crippen LogP contribution < -0.4 is 4.74 Å². The van der Waals surface area contributed by atoms with Crippen molar-refractivity contribution < 1.29 is 19.0 Å². The molecule has 0 spiro atoms. The maximum Gasteiger partial charge on any atom is 0.175 e. The second kappa shape index (κ2) is 5.30. The molecule has 88 valence electrons. The Bertz CT molecular complexity index is 407. The number of ether oxygens (including phenoxy) is 1. The maximum absolute atomic E-state index is 13.6. The van der Waals surface area contributed by atoms with E-state index >= 15 is 0 Å². The predicted molar refractivity (Wildman–Crippen MR) is 61.4 cm³/mol. The van der Waals surface area contributed by atoms with Crippen molar-refractivity contribution in [3.05, 3.63) is 21.9 Å². The molecular weight excluding hydrogens is 279 g/mol. The van der Waals surface area contributed by atoms with Gasteiger partial charge in [-0.05, 0) is 21.8 Å². The normalized spacial score (nSPS) is 12.2. The summed E-state index contributed by atoms with van der Waals surface area (Å²) in [5, 5.41) is 9.44. The van der Waals surface area contributed by atoms with Crippen LogP contribution in [-0.2, 0) is 4.79 Å². The third-order valence-electron chi connectivity index (χ3n) is 2.34. The molecule has 0 fully saturated rings. The Morgan fingerprint density at radius 3 is 2.81 bits per heavy atom. The molecule has 0 aliphatic heterocycles. The van der Waals surface area contributed by atoms with Gasteiger partial charge in [-0.3, -0.25) is 0 Å². The van der Waals surface area contributed by atoms with E-state index in [9.17, 15) is 14.3 Å². The van der Waals surface area contributed by atoms with Gasteiger partial charge < -0.3 is 14.6 Å². The number of hydrogen-bond acceptors (Lipinski definition) is 3. The third-order valence-corrected chi connectivity index (χ3v) is 3.12. The minimum atomic E-state index is -0.556. The first-order valence-corrected chi connectivity index (χ1v) is 5.50. The zero-order valence-corrected chi connectivity index (χ0v) is 10.5. The summed E-state index contributed by atoms with van der Waals surface area (Å²) >= 11 is 3.17. The van der Waals surface area contributed by atoms with E-state index in [1.165, 1.54) is 7.11 Å². The number of aldehydes is 1. The van der Waals surface area contributed by atoms with Gasteiger partial charge in [0.1, 0.15) is 12.1 Å². The van der Waals surface area contributed by atoms with Gasteiger partial charge in [0.15, 0.2) is 11.5 Å². The lowest BCUT2D eigenvalue weighted by molar-refractivity contribution is -0.108. The highest BCUT2D eigenvalue weighted by molar-refractivity contribution is 9.10. The van der Waals surface area contributed by atoms with E-state index in [-0.39, 0.29) is 23.8 Å². The van der Waals surface area contributed by atoms with Crippen molar-refractivity contribution in [2.45, 2.75) is 19.3 Å². The van der Waals surface area contributed by atoms with Crippen LogP contribution in [0.2, 0.25) is 0 Å². The van der Waals surface area contributed by atoms with Gasteiger partial charge >= 0.3 is 0 Å². The van der Waals surface area contributed by atoms with Crippen molar-refractivity contribution in [1.82, 2.24) is 0 Å². The summed E-state index contributed by atoms with van der Waals surface area (Å²) in [6.45, 7) is 1.73. The molecule has 1 atom stereocenters. The SMILES string of the molecule is COc1c(O)cc(F)c(C(C)CC=O)c1Br. The largest absolute Gasteiger partial charge is 0.504 e. The van der Waals surface area contributed by atoms with Gasteiger partial charge in [-0.1, -0.05) is 6.92 Å². The summed E-state index contributed by atoms with van der Waals surface area (Å²) < 4.78 is 18.9. The van der Waals surface area contributed by atoms with Crippen molar-refractivity contribution in [2.75, 3.05) is 7.11 Å². The first-order valence-electron chi connectivity index (χ1n) is 4.71. The van der Waals surface area contributed by atoms with E-state index in [2.05, 4.69) is 15.9 Å². The van der Waals surface area contributed by atoms with Crippen LogP contribution in [0, 0.1) is 5.82 Å². The summed E-state index contributed by atoms with van der Waals surface area (Å²) in [5.41, 5.74) is 0.335. The van der Waals surface area contributed by atoms with Gasteiger partial charge in [0.25, 0.3) is 0 Å². The Morgan fingerprint density at radius 1 is 1.69 bits per heavy atom. The lowest BCUT2D eigenvalue weighted by Gasteiger charge is -2.15. The quantitative estimate of drug-likeness (QED) is 0.867. The average molecular weight is 291 g/mol. The number of methoxy groups -OCH3 is 1. The second-order valence-corrected chi connectivity index (χ2v) is 4.23. The minimum absolute atomic E-state index is 0.175. The van der Waals surface area contributed by atoms with Crippen LogP contribution in [0.5, 0.6) is 11.5 Å². The van der Waals surface area contributed by atoms with E-state index in [4.69, 9.17) is 4.74 Å². The summed E-state index contributed by atoms with van der Waals surface area (Å²) in [6, 6.07) is 0.986. The molecule has 0 heterocycles. The summed E-state index contributed by atoms with van der Waals surface area (Å²) in [7, 11) is 1.38. The molecule has 0 aliphatic carbocycles. The highest BCUT2D eigenvalue weighted by atomic mass is 79.9. The van der Waals surface area contributed by atoms with Gasteiger partial charge in [-0.25, -0.2) is 4.39 Å². The van der Waals surface area contributed by atoms with Crippen molar-refractivity contribution >= 4 is 22.2 Å². The fourth-order valence-electron chi connectivity index (χ4n) is 1.51. The molecule has 1 aromatic rings. The molecule has 5 heteroatoms. The number of halogens is 2. The molecule has 0 radical (unpaired) electrons. The molecule has 3 nitrogen and oxygen atoms in total. The zero-order chi connectivity index (χ0) is 12.3. The van der Waals surface area contributed by atoms with Crippen LogP contribution in [0.4, 0.5) is 4.39 Å².